The molecule has 1 amide bonds. The Bertz CT molecular complexity index is 689. The van der Waals surface area contributed by atoms with Crippen molar-refractivity contribution in [1.29, 1.82) is 5.26 Å². The first-order valence-corrected chi connectivity index (χ1v) is 8.86. The molecule has 138 valence electrons. The SMILES string of the molecule is C[C@@H](OC(=O)COc1ccc(C#N)cc1)C(=O)NCCC1=CCCCC1. The highest BCUT2D eigenvalue weighted by molar-refractivity contribution is 5.83. The fourth-order valence-corrected chi connectivity index (χ4v) is 2.67. The molecule has 6 heteroatoms. The molecule has 0 aromatic heterocycles. The molecular weight excluding hydrogens is 332 g/mol. The van der Waals surface area contributed by atoms with Gasteiger partial charge in [-0.25, -0.2) is 4.79 Å². The van der Waals surface area contributed by atoms with Gasteiger partial charge in [0, 0.05) is 6.54 Å². The van der Waals surface area contributed by atoms with Crippen LogP contribution in [0.2, 0.25) is 0 Å². The lowest BCUT2D eigenvalue weighted by Crippen LogP contribution is -2.37. The van der Waals surface area contributed by atoms with Crippen molar-refractivity contribution < 1.29 is 19.1 Å². The molecule has 0 unspecified atom stereocenters. The van der Waals surface area contributed by atoms with Crippen LogP contribution in [-0.2, 0) is 14.3 Å². The van der Waals surface area contributed by atoms with Gasteiger partial charge in [-0.1, -0.05) is 11.6 Å². The Morgan fingerprint density at radius 3 is 2.69 bits per heavy atom. The Balaban J connectivity index is 1.65. The number of nitriles is 1. The molecule has 0 heterocycles. The molecule has 2 rings (SSSR count). The molecule has 0 spiro atoms. The Hall–Kier alpha value is -2.81. The van der Waals surface area contributed by atoms with Crippen molar-refractivity contribution >= 4 is 11.9 Å². The van der Waals surface area contributed by atoms with Crippen molar-refractivity contribution in [2.45, 2.75) is 45.1 Å². The summed E-state index contributed by atoms with van der Waals surface area (Å²) in [6.07, 6.45) is 6.91. The maximum Gasteiger partial charge on any atom is 0.344 e. The van der Waals surface area contributed by atoms with E-state index in [0.29, 0.717) is 17.9 Å². The standard InChI is InChI=1S/C20H24N2O4/c1-15(20(24)22-12-11-16-5-3-2-4-6-16)26-19(23)14-25-18-9-7-17(13-21)8-10-18/h5,7-10,15H,2-4,6,11-12,14H2,1H3,(H,22,24)/t15-/m1/s1. The summed E-state index contributed by atoms with van der Waals surface area (Å²) in [4.78, 5) is 23.8. The number of carbonyl (C=O) groups excluding carboxylic acids is 2. The van der Waals surface area contributed by atoms with Crippen molar-refractivity contribution in [3.05, 3.63) is 41.5 Å². The van der Waals surface area contributed by atoms with Gasteiger partial charge in [0.1, 0.15) is 5.75 Å². The van der Waals surface area contributed by atoms with E-state index >= 15 is 0 Å². The molecule has 0 saturated carbocycles. The number of rotatable bonds is 8. The molecule has 1 atom stereocenters. The molecule has 1 aromatic rings. The van der Waals surface area contributed by atoms with E-state index in [1.165, 1.54) is 25.3 Å². The quantitative estimate of drug-likeness (QED) is 0.571. The average molecular weight is 356 g/mol. The monoisotopic (exact) mass is 356 g/mol. The van der Waals surface area contributed by atoms with E-state index < -0.39 is 12.1 Å². The third-order valence-electron chi connectivity index (χ3n) is 4.15. The lowest BCUT2D eigenvalue weighted by molar-refractivity contribution is -0.156. The number of carbonyl (C=O) groups is 2. The van der Waals surface area contributed by atoms with Gasteiger partial charge < -0.3 is 14.8 Å². The predicted molar refractivity (Wildman–Crippen MR) is 96.4 cm³/mol. The number of hydrogen-bond donors (Lipinski definition) is 1. The van der Waals surface area contributed by atoms with Crippen molar-refractivity contribution in [1.82, 2.24) is 5.32 Å². The van der Waals surface area contributed by atoms with Gasteiger partial charge in [-0.2, -0.15) is 5.26 Å². The number of benzene rings is 1. The second-order valence-electron chi connectivity index (χ2n) is 6.21. The number of hydrogen-bond acceptors (Lipinski definition) is 5. The number of esters is 1. The molecule has 6 nitrogen and oxygen atoms in total. The molecule has 1 N–H and O–H groups in total. The molecule has 0 aliphatic heterocycles. The molecule has 0 radical (unpaired) electrons. The smallest absolute Gasteiger partial charge is 0.344 e. The van der Waals surface area contributed by atoms with Gasteiger partial charge in [0.05, 0.1) is 11.6 Å². The average Bonchev–Trinajstić information content (AvgIpc) is 2.67. The first kappa shape index (κ1) is 19.5. The number of allylic oxidation sites excluding steroid dienone is 1. The van der Waals surface area contributed by atoms with Crippen LogP contribution in [0.1, 0.15) is 44.6 Å². The van der Waals surface area contributed by atoms with Gasteiger partial charge in [0.2, 0.25) is 0 Å². The van der Waals surface area contributed by atoms with Crippen molar-refractivity contribution in [2.75, 3.05) is 13.2 Å². The maximum atomic E-state index is 12.0. The summed E-state index contributed by atoms with van der Waals surface area (Å²) in [6.45, 7) is 1.79. The van der Waals surface area contributed by atoms with Gasteiger partial charge in [-0.3, -0.25) is 4.79 Å². The Kier molecular flexibility index (Phi) is 7.69. The highest BCUT2D eigenvalue weighted by Gasteiger charge is 2.18. The van der Waals surface area contributed by atoms with Crippen LogP contribution in [0.5, 0.6) is 5.75 Å². The normalized spacial score (nSPS) is 14.5. The second-order valence-corrected chi connectivity index (χ2v) is 6.21. The molecule has 1 aliphatic rings. The Morgan fingerprint density at radius 2 is 2.04 bits per heavy atom. The highest BCUT2D eigenvalue weighted by Crippen LogP contribution is 2.19. The highest BCUT2D eigenvalue weighted by atomic mass is 16.6. The summed E-state index contributed by atoms with van der Waals surface area (Å²) in [7, 11) is 0. The van der Waals surface area contributed by atoms with Gasteiger partial charge in [0.25, 0.3) is 5.91 Å². The van der Waals surface area contributed by atoms with Crippen molar-refractivity contribution in [3.8, 4) is 11.8 Å². The zero-order valence-corrected chi connectivity index (χ0v) is 15.0. The lowest BCUT2D eigenvalue weighted by Gasteiger charge is -2.15. The van der Waals surface area contributed by atoms with Crippen LogP contribution in [0.15, 0.2) is 35.9 Å². The number of ether oxygens (including phenoxy) is 2. The Labute approximate surface area is 153 Å². The van der Waals surface area contributed by atoms with Crippen LogP contribution in [0.4, 0.5) is 0 Å². The second kappa shape index (κ2) is 10.2. The van der Waals surface area contributed by atoms with Crippen LogP contribution >= 0.6 is 0 Å². The largest absolute Gasteiger partial charge is 0.482 e. The van der Waals surface area contributed by atoms with E-state index in [0.717, 1.165) is 19.3 Å². The molecule has 26 heavy (non-hydrogen) atoms. The van der Waals surface area contributed by atoms with Gasteiger partial charge >= 0.3 is 5.97 Å². The molecular formula is C20H24N2O4. The summed E-state index contributed by atoms with van der Waals surface area (Å²) < 4.78 is 10.4. The van der Waals surface area contributed by atoms with Gasteiger partial charge in [-0.15, -0.1) is 0 Å². The number of amides is 1. The molecule has 0 saturated heterocycles. The fourth-order valence-electron chi connectivity index (χ4n) is 2.67. The minimum absolute atomic E-state index is 0.295. The minimum Gasteiger partial charge on any atom is -0.482 e. The zero-order valence-electron chi connectivity index (χ0n) is 15.0. The van der Waals surface area contributed by atoms with Crippen LogP contribution < -0.4 is 10.1 Å². The van der Waals surface area contributed by atoms with E-state index in [9.17, 15) is 9.59 Å². The maximum absolute atomic E-state index is 12.0. The van der Waals surface area contributed by atoms with Crippen LogP contribution in [0, 0.1) is 11.3 Å². The van der Waals surface area contributed by atoms with E-state index in [4.69, 9.17) is 14.7 Å². The summed E-state index contributed by atoms with van der Waals surface area (Å²) in [6, 6.07) is 8.39. The van der Waals surface area contributed by atoms with Crippen molar-refractivity contribution in [2.24, 2.45) is 0 Å². The van der Waals surface area contributed by atoms with E-state index in [1.807, 2.05) is 6.07 Å². The van der Waals surface area contributed by atoms with Crippen LogP contribution in [0.3, 0.4) is 0 Å². The Morgan fingerprint density at radius 1 is 1.27 bits per heavy atom. The summed E-state index contributed by atoms with van der Waals surface area (Å²) in [5, 5.41) is 11.5. The van der Waals surface area contributed by atoms with Crippen molar-refractivity contribution in [3.63, 3.8) is 0 Å². The first-order chi connectivity index (χ1) is 12.6. The third kappa shape index (κ3) is 6.60. The number of nitrogens with zero attached hydrogens (tertiary/aromatic N) is 1. The van der Waals surface area contributed by atoms with Gasteiger partial charge in [0.15, 0.2) is 12.7 Å². The number of nitrogens with one attached hydrogen (secondary N) is 1. The van der Waals surface area contributed by atoms with E-state index in [1.54, 1.807) is 24.3 Å². The van der Waals surface area contributed by atoms with Crippen LogP contribution in [0.25, 0.3) is 0 Å². The van der Waals surface area contributed by atoms with E-state index in [-0.39, 0.29) is 12.5 Å². The predicted octanol–water partition coefficient (Wildman–Crippen LogP) is 2.88. The zero-order chi connectivity index (χ0) is 18.8. The fraction of sp³-hybridized carbons (Fsp3) is 0.450. The minimum atomic E-state index is -0.868. The van der Waals surface area contributed by atoms with Gasteiger partial charge in [-0.05, 0) is 63.3 Å². The first-order valence-electron chi connectivity index (χ1n) is 8.86. The topological polar surface area (TPSA) is 88.4 Å². The molecule has 0 bridgehead atoms. The molecule has 0 fully saturated rings. The summed E-state index contributed by atoms with van der Waals surface area (Å²) in [5.41, 5.74) is 1.89. The molecule has 1 aromatic carbocycles. The lowest BCUT2D eigenvalue weighted by atomic mass is 9.97. The van der Waals surface area contributed by atoms with E-state index in [2.05, 4.69) is 11.4 Å². The van der Waals surface area contributed by atoms with Crippen LogP contribution in [-0.4, -0.2) is 31.1 Å². The summed E-state index contributed by atoms with van der Waals surface area (Å²) >= 11 is 0. The third-order valence-corrected chi connectivity index (χ3v) is 4.15. The summed E-state index contributed by atoms with van der Waals surface area (Å²) in [5.74, 6) is -0.473. The molecule has 1 aliphatic carbocycles.